The molecule has 1 aromatic carbocycles. The van der Waals surface area contributed by atoms with Crippen LogP contribution < -0.4 is 5.32 Å². The first kappa shape index (κ1) is 13.1. The van der Waals surface area contributed by atoms with Crippen molar-refractivity contribution < 1.29 is 9.53 Å². The van der Waals surface area contributed by atoms with Crippen molar-refractivity contribution in [3.05, 3.63) is 35.4 Å². The van der Waals surface area contributed by atoms with Gasteiger partial charge in [0, 0.05) is 0 Å². The quantitative estimate of drug-likeness (QED) is 0.833. The molecule has 1 heterocycles. The van der Waals surface area contributed by atoms with Gasteiger partial charge in [0.15, 0.2) is 0 Å². The van der Waals surface area contributed by atoms with Crippen LogP contribution in [0, 0.1) is 12.8 Å². The molecular weight excluding hydrogens is 226 g/mol. The van der Waals surface area contributed by atoms with Gasteiger partial charge in [-0.25, -0.2) is 0 Å². The highest BCUT2D eigenvalue weighted by Gasteiger charge is 2.32. The fraction of sp³-hybridized carbons (Fsp3) is 0.533. The molecule has 1 N–H and O–H groups in total. The standard InChI is InChI=1S/C15H21NO2/c1-11-6-3-4-8-13(11)14(15(17)18-2)12-7-5-9-16-10-12/h3-4,6,8,12,14,16H,5,7,9-10H2,1-2H3. The third-order valence-corrected chi connectivity index (χ3v) is 3.79. The molecule has 0 radical (unpaired) electrons. The first-order valence-electron chi connectivity index (χ1n) is 6.58. The summed E-state index contributed by atoms with van der Waals surface area (Å²) < 4.78 is 5.01. The molecule has 2 atom stereocenters. The summed E-state index contributed by atoms with van der Waals surface area (Å²) in [7, 11) is 1.48. The van der Waals surface area contributed by atoms with E-state index in [2.05, 4.69) is 18.3 Å². The van der Waals surface area contributed by atoms with Crippen molar-refractivity contribution in [2.24, 2.45) is 5.92 Å². The number of carbonyl (C=O) groups excluding carboxylic acids is 1. The highest BCUT2D eigenvalue weighted by Crippen LogP contribution is 2.32. The van der Waals surface area contributed by atoms with Gasteiger partial charge < -0.3 is 10.1 Å². The molecule has 1 aromatic rings. The van der Waals surface area contributed by atoms with Crippen molar-refractivity contribution in [3.63, 3.8) is 0 Å². The van der Waals surface area contributed by atoms with Crippen LogP contribution in [0.25, 0.3) is 0 Å². The average molecular weight is 247 g/mol. The fourth-order valence-corrected chi connectivity index (χ4v) is 2.80. The van der Waals surface area contributed by atoms with Gasteiger partial charge in [0.25, 0.3) is 0 Å². The van der Waals surface area contributed by atoms with Crippen LogP contribution in [0.4, 0.5) is 0 Å². The Bertz CT molecular complexity index is 411. The number of piperidine rings is 1. The second kappa shape index (κ2) is 6.01. The van der Waals surface area contributed by atoms with E-state index >= 15 is 0 Å². The lowest BCUT2D eigenvalue weighted by Gasteiger charge is -2.30. The second-order valence-corrected chi connectivity index (χ2v) is 4.96. The third-order valence-electron chi connectivity index (χ3n) is 3.79. The minimum atomic E-state index is -0.135. The van der Waals surface area contributed by atoms with Crippen LogP contribution >= 0.6 is 0 Å². The van der Waals surface area contributed by atoms with Crippen LogP contribution in [0.1, 0.15) is 29.9 Å². The van der Waals surface area contributed by atoms with Gasteiger partial charge in [-0.1, -0.05) is 24.3 Å². The summed E-state index contributed by atoms with van der Waals surface area (Å²) in [5.74, 6) is 0.0919. The third kappa shape index (κ3) is 2.72. The van der Waals surface area contributed by atoms with Crippen molar-refractivity contribution >= 4 is 5.97 Å². The van der Waals surface area contributed by atoms with Gasteiger partial charge in [-0.05, 0) is 49.9 Å². The molecule has 0 bridgehead atoms. The zero-order chi connectivity index (χ0) is 13.0. The number of hydrogen-bond acceptors (Lipinski definition) is 3. The summed E-state index contributed by atoms with van der Waals surface area (Å²) in [5.41, 5.74) is 2.27. The number of methoxy groups -OCH3 is 1. The van der Waals surface area contributed by atoms with Crippen molar-refractivity contribution in [2.45, 2.75) is 25.7 Å². The van der Waals surface area contributed by atoms with E-state index in [1.54, 1.807) is 0 Å². The van der Waals surface area contributed by atoms with Gasteiger partial charge in [0.1, 0.15) is 0 Å². The molecule has 0 aliphatic carbocycles. The van der Waals surface area contributed by atoms with Gasteiger partial charge in [-0.15, -0.1) is 0 Å². The Hall–Kier alpha value is -1.35. The average Bonchev–Trinajstić information content (AvgIpc) is 2.42. The Morgan fingerprint density at radius 2 is 2.22 bits per heavy atom. The summed E-state index contributed by atoms with van der Waals surface area (Å²) in [6.45, 7) is 4.01. The summed E-state index contributed by atoms with van der Waals surface area (Å²) in [5, 5.41) is 3.38. The van der Waals surface area contributed by atoms with Crippen LogP contribution in [0.5, 0.6) is 0 Å². The van der Waals surface area contributed by atoms with E-state index < -0.39 is 0 Å². The minimum Gasteiger partial charge on any atom is -0.469 e. The van der Waals surface area contributed by atoms with E-state index in [0.717, 1.165) is 31.5 Å². The monoisotopic (exact) mass is 247 g/mol. The van der Waals surface area contributed by atoms with E-state index in [9.17, 15) is 4.79 Å². The smallest absolute Gasteiger partial charge is 0.313 e. The molecule has 1 saturated heterocycles. The summed E-state index contributed by atoms with van der Waals surface area (Å²) >= 11 is 0. The topological polar surface area (TPSA) is 38.3 Å². The molecule has 0 spiro atoms. The SMILES string of the molecule is COC(=O)C(c1ccccc1C)C1CCCNC1. The predicted molar refractivity (Wildman–Crippen MR) is 71.5 cm³/mol. The molecule has 0 amide bonds. The first-order chi connectivity index (χ1) is 8.74. The van der Waals surface area contributed by atoms with E-state index in [4.69, 9.17) is 4.74 Å². The molecule has 98 valence electrons. The Morgan fingerprint density at radius 3 is 2.83 bits per heavy atom. The van der Waals surface area contributed by atoms with Crippen LogP contribution in [0.15, 0.2) is 24.3 Å². The van der Waals surface area contributed by atoms with Gasteiger partial charge in [0.05, 0.1) is 13.0 Å². The minimum absolute atomic E-state index is 0.113. The van der Waals surface area contributed by atoms with Crippen molar-refractivity contribution in [3.8, 4) is 0 Å². The molecule has 3 heteroatoms. The summed E-state index contributed by atoms with van der Waals surface area (Å²) in [6, 6.07) is 8.11. The maximum Gasteiger partial charge on any atom is 0.313 e. The van der Waals surface area contributed by atoms with Crippen LogP contribution in [-0.2, 0) is 9.53 Å². The van der Waals surface area contributed by atoms with Crippen molar-refractivity contribution in [2.75, 3.05) is 20.2 Å². The zero-order valence-corrected chi connectivity index (χ0v) is 11.1. The summed E-state index contributed by atoms with van der Waals surface area (Å²) in [4.78, 5) is 12.1. The number of carbonyl (C=O) groups is 1. The highest BCUT2D eigenvalue weighted by atomic mass is 16.5. The highest BCUT2D eigenvalue weighted by molar-refractivity contribution is 5.79. The zero-order valence-electron chi connectivity index (χ0n) is 11.1. The molecule has 18 heavy (non-hydrogen) atoms. The molecule has 2 rings (SSSR count). The molecule has 3 nitrogen and oxygen atoms in total. The second-order valence-electron chi connectivity index (χ2n) is 4.96. The number of rotatable bonds is 3. The largest absolute Gasteiger partial charge is 0.469 e. The van der Waals surface area contributed by atoms with Gasteiger partial charge in [0.2, 0.25) is 0 Å². The molecule has 0 aromatic heterocycles. The number of aryl methyl sites for hydroxylation is 1. The van der Waals surface area contributed by atoms with Gasteiger partial charge >= 0.3 is 5.97 Å². The lowest BCUT2D eigenvalue weighted by atomic mass is 9.80. The van der Waals surface area contributed by atoms with Crippen molar-refractivity contribution in [1.82, 2.24) is 5.32 Å². The number of ether oxygens (including phenoxy) is 1. The molecule has 2 unspecified atom stereocenters. The number of benzene rings is 1. The number of hydrogen-bond donors (Lipinski definition) is 1. The van der Waals surface area contributed by atoms with Crippen LogP contribution in [0.3, 0.4) is 0 Å². The Kier molecular flexibility index (Phi) is 4.37. The fourth-order valence-electron chi connectivity index (χ4n) is 2.80. The molecule has 1 aliphatic heterocycles. The first-order valence-corrected chi connectivity index (χ1v) is 6.58. The summed E-state index contributed by atoms with van der Waals surface area (Å²) in [6.07, 6.45) is 2.21. The molecular formula is C15H21NO2. The maximum absolute atomic E-state index is 12.1. The van der Waals surface area contributed by atoms with Gasteiger partial charge in [-0.2, -0.15) is 0 Å². The number of esters is 1. The Morgan fingerprint density at radius 1 is 1.44 bits per heavy atom. The van der Waals surface area contributed by atoms with Crippen LogP contribution in [-0.4, -0.2) is 26.2 Å². The Balaban J connectivity index is 2.30. The van der Waals surface area contributed by atoms with E-state index in [0.29, 0.717) is 5.92 Å². The normalized spacial score (nSPS) is 21.3. The van der Waals surface area contributed by atoms with E-state index in [-0.39, 0.29) is 11.9 Å². The van der Waals surface area contributed by atoms with Crippen molar-refractivity contribution in [1.29, 1.82) is 0 Å². The maximum atomic E-state index is 12.1. The van der Waals surface area contributed by atoms with E-state index in [1.165, 1.54) is 12.7 Å². The van der Waals surface area contributed by atoms with E-state index in [1.807, 2.05) is 18.2 Å². The lowest BCUT2D eigenvalue weighted by Crippen LogP contribution is -2.36. The van der Waals surface area contributed by atoms with Crippen LogP contribution in [0.2, 0.25) is 0 Å². The number of nitrogens with one attached hydrogen (secondary N) is 1. The predicted octanol–water partition coefficient (Wildman–Crippen LogP) is 2.25. The lowest BCUT2D eigenvalue weighted by molar-refractivity contribution is -0.144. The molecule has 0 saturated carbocycles. The Labute approximate surface area is 109 Å². The molecule has 1 fully saturated rings. The molecule has 1 aliphatic rings. The van der Waals surface area contributed by atoms with Gasteiger partial charge in [-0.3, -0.25) is 4.79 Å².